The fourth-order valence-electron chi connectivity index (χ4n) is 2.96. The Kier molecular flexibility index (Phi) is 6.11. The molecular formula is C16H24ClN3O4S. The van der Waals surface area contributed by atoms with Crippen molar-refractivity contribution in [2.24, 2.45) is 11.7 Å². The van der Waals surface area contributed by atoms with E-state index in [9.17, 15) is 13.2 Å². The fourth-order valence-corrected chi connectivity index (χ4v) is 3.99. The minimum Gasteiger partial charge on any atom is -0.372 e. The van der Waals surface area contributed by atoms with E-state index in [0.717, 1.165) is 24.0 Å². The quantitative estimate of drug-likeness (QED) is 0.634. The number of ether oxygens (including phenoxy) is 1. The van der Waals surface area contributed by atoms with Gasteiger partial charge in [0, 0.05) is 6.54 Å². The van der Waals surface area contributed by atoms with Gasteiger partial charge < -0.3 is 15.8 Å². The van der Waals surface area contributed by atoms with Gasteiger partial charge in [0.15, 0.2) is 0 Å². The number of sulfonamides is 1. The zero-order valence-corrected chi connectivity index (χ0v) is 15.7. The summed E-state index contributed by atoms with van der Waals surface area (Å²) < 4.78 is 32.4. The van der Waals surface area contributed by atoms with Gasteiger partial charge in [-0.2, -0.15) is 0 Å². The van der Waals surface area contributed by atoms with Crippen molar-refractivity contribution < 1.29 is 17.9 Å². The van der Waals surface area contributed by atoms with E-state index in [1.165, 1.54) is 6.07 Å². The molecule has 140 valence electrons. The number of hydrogen-bond acceptors (Lipinski definition) is 5. The van der Waals surface area contributed by atoms with Gasteiger partial charge in [0.2, 0.25) is 15.9 Å². The van der Waals surface area contributed by atoms with E-state index >= 15 is 0 Å². The largest absolute Gasteiger partial charge is 0.372 e. The third-order valence-corrected chi connectivity index (χ3v) is 6.15. The topological polar surface area (TPSA) is 111 Å². The summed E-state index contributed by atoms with van der Waals surface area (Å²) in [5.74, 6) is 0.00249. The molecule has 7 nitrogen and oxygen atoms in total. The van der Waals surface area contributed by atoms with Crippen molar-refractivity contribution in [3.63, 3.8) is 0 Å². The molecular weight excluding hydrogens is 366 g/mol. The van der Waals surface area contributed by atoms with E-state index in [1.54, 1.807) is 12.1 Å². The Balaban J connectivity index is 0.00000225. The number of nitrogens with two attached hydrogens (primary N) is 1. The Hall–Kier alpha value is -1.19. The Morgan fingerprint density at radius 3 is 2.64 bits per heavy atom. The van der Waals surface area contributed by atoms with E-state index in [1.807, 2.05) is 6.92 Å². The zero-order valence-electron chi connectivity index (χ0n) is 14.1. The Morgan fingerprint density at radius 1 is 1.32 bits per heavy atom. The van der Waals surface area contributed by atoms with E-state index < -0.39 is 15.6 Å². The Morgan fingerprint density at radius 2 is 2.00 bits per heavy atom. The van der Waals surface area contributed by atoms with Gasteiger partial charge in [0.25, 0.3) is 0 Å². The number of amides is 1. The van der Waals surface area contributed by atoms with Crippen LogP contribution in [-0.2, 0) is 32.8 Å². The molecule has 0 saturated heterocycles. The van der Waals surface area contributed by atoms with Gasteiger partial charge in [-0.1, -0.05) is 6.07 Å². The summed E-state index contributed by atoms with van der Waals surface area (Å²) in [6, 6.07) is 4.87. The second-order valence-electron chi connectivity index (χ2n) is 6.69. The van der Waals surface area contributed by atoms with Gasteiger partial charge >= 0.3 is 0 Å². The first-order valence-electron chi connectivity index (χ1n) is 8.04. The fraction of sp³-hybridized carbons (Fsp3) is 0.562. The number of halogens is 1. The molecule has 9 heteroatoms. The third-order valence-electron chi connectivity index (χ3n) is 4.75. The van der Waals surface area contributed by atoms with Gasteiger partial charge in [-0.15, -0.1) is 12.4 Å². The van der Waals surface area contributed by atoms with Gasteiger partial charge in [-0.05, 0) is 48.9 Å². The van der Waals surface area contributed by atoms with Gasteiger partial charge in [-0.3, -0.25) is 4.79 Å². The molecule has 1 saturated carbocycles. The van der Waals surface area contributed by atoms with Crippen molar-refractivity contribution in [3.05, 3.63) is 29.3 Å². The van der Waals surface area contributed by atoms with Crippen molar-refractivity contribution >= 4 is 28.3 Å². The van der Waals surface area contributed by atoms with Crippen LogP contribution in [-0.4, -0.2) is 33.0 Å². The lowest BCUT2D eigenvalue weighted by molar-refractivity contribution is -0.121. The number of carbonyl (C=O) groups is 1. The molecule has 4 N–H and O–H groups in total. The van der Waals surface area contributed by atoms with Crippen LogP contribution in [0.25, 0.3) is 0 Å². The highest BCUT2D eigenvalue weighted by Gasteiger charge is 2.41. The highest BCUT2D eigenvalue weighted by Crippen LogP contribution is 2.38. The monoisotopic (exact) mass is 389 g/mol. The van der Waals surface area contributed by atoms with Crippen molar-refractivity contribution in [1.29, 1.82) is 0 Å². The van der Waals surface area contributed by atoms with Crippen LogP contribution in [0, 0.1) is 5.92 Å². The summed E-state index contributed by atoms with van der Waals surface area (Å²) in [6.07, 6.45) is 2.08. The maximum atomic E-state index is 12.4. The van der Waals surface area contributed by atoms with Crippen LogP contribution < -0.4 is 15.8 Å². The van der Waals surface area contributed by atoms with Crippen molar-refractivity contribution in [1.82, 2.24) is 10.0 Å². The summed E-state index contributed by atoms with van der Waals surface area (Å²) in [5.41, 5.74) is 7.15. The van der Waals surface area contributed by atoms with E-state index in [0.29, 0.717) is 25.7 Å². The molecule has 1 atom stereocenters. The van der Waals surface area contributed by atoms with Gasteiger partial charge in [0.1, 0.15) is 0 Å². The maximum Gasteiger partial charge on any atom is 0.241 e. The second kappa shape index (κ2) is 7.59. The molecule has 0 radical (unpaired) electrons. The smallest absolute Gasteiger partial charge is 0.241 e. The molecule has 1 fully saturated rings. The van der Waals surface area contributed by atoms with Crippen LogP contribution in [0.2, 0.25) is 0 Å². The average molecular weight is 390 g/mol. The third kappa shape index (κ3) is 4.51. The molecule has 1 aliphatic heterocycles. The van der Waals surface area contributed by atoms with Crippen LogP contribution >= 0.6 is 12.4 Å². The number of carbonyl (C=O) groups excluding carboxylic acids is 1. The first kappa shape index (κ1) is 20.1. The molecule has 1 aromatic rings. The number of benzene rings is 1. The summed E-state index contributed by atoms with van der Waals surface area (Å²) in [7, 11) is -3.74. The molecule has 0 spiro atoms. The summed E-state index contributed by atoms with van der Waals surface area (Å²) >= 11 is 0. The molecule has 1 aliphatic carbocycles. The molecule has 1 unspecified atom stereocenters. The van der Waals surface area contributed by atoms with Crippen LogP contribution in [0.1, 0.15) is 30.9 Å². The van der Waals surface area contributed by atoms with Crippen LogP contribution in [0.15, 0.2) is 23.1 Å². The minimum atomic E-state index is -3.74. The first-order valence-corrected chi connectivity index (χ1v) is 9.53. The van der Waals surface area contributed by atoms with Crippen LogP contribution in [0.5, 0.6) is 0 Å². The highest BCUT2D eigenvalue weighted by molar-refractivity contribution is 7.89. The number of rotatable bonds is 7. The SMILES string of the molecule is CC(CN)(NC(=O)CNS(=O)(=O)c1ccc2c(c1)COC2)C1CC1.Cl. The lowest BCUT2D eigenvalue weighted by Crippen LogP contribution is -2.55. The van der Waals surface area contributed by atoms with Crippen molar-refractivity contribution in [3.8, 4) is 0 Å². The molecule has 1 amide bonds. The molecule has 25 heavy (non-hydrogen) atoms. The lowest BCUT2D eigenvalue weighted by atomic mass is 9.96. The van der Waals surface area contributed by atoms with E-state index in [4.69, 9.17) is 10.5 Å². The summed E-state index contributed by atoms with van der Waals surface area (Å²) in [6.45, 7) is 2.84. The van der Waals surface area contributed by atoms with Crippen LogP contribution in [0.3, 0.4) is 0 Å². The second-order valence-corrected chi connectivity index (χ2v) is 8.46. The first-order chi connectivity index (χ1) is 11.3. The van der Waals surface area contributed by atoms with E-state index in [-0.39, 0.29) is 29.8 Å². The van der Waals surface area contributed by atoms with Gasteiger partial charge in [-0.25, -0.2) is 13.1 Å². The average Bonchev–Trinajstić information content (AvgIpc) is 3.31. The standard InChI is InChI=1S/C16H23N3O4S.ClH/c1-16(10-17,13-3-4-13)19-15(20)7-18-24(21,22)14-5-2-11-8-23-9-12(11)6-14;/h2,5-6,13,18H,3-4,7-10,17H2,1H3,(H,19,20);1H. The Bertz CT molecular complexity index is 752. The highest BCUT2D eigenvalue weighted by atomic mass is 35.5. The molecule has 0 aromatic heterocycles. The van der Waals surface area contributed by atoms with Crippen molar-refractivity contribution in [2.75, 3.05) is 13.1 Å². The summed E-state index contributed by atoms with van der Waals surface area (Å²) in [4.78, 5) is 12.2. The molecule has 3 rings (SSSR count). The normalized spacial score (nSPS) is 18.8. The molecule has 1 heterocycles. The zero-order chi connectivity index (χ0) is 17.4. The van der Waals surface area contributed by atoms with E-state index in [2.05, 4.69) is 10.0 Å². The Labute approximate surface area is 154 Å². The van der Waals surface area contributed by atoms with Gasteiger partial charge in [0.05, 0.1) is 30.2 Å². The molecule has 1 aromatic carbocycles. The molecule has 2 aliphatic rings. The predicted molar refractivity (Wildman–Crippen MR) is 95.7 cm³/mol. The predicted octanol–water partition coefficient (Wildman–Crippen LogP) is 0.661. The van der Waals surface area contributed by atoms with Crippen molar-refractivity contribution in [2.45, 2.75) is 43.4 Å². The lowest BCUT2D eigenvalue weighted by Gasteiger charge is -2.29. The van der Waals surface area contributed by atoms with Crippen LogP contribution in [0.4, 0.5) is 0 Å². The number of fused-ring (bicyclic) bond motifs is 1. The number of hydrogen-bond donors (Lipinski definition) is 3. The minimum absolute atomic E-state index is 0. The molecule has 0 bridgehead atoms. The summed E-state index contributed by atoms with van der Waals surface area (Å²) in [5, 5.41) is 2.86. The maximum absolute atomic E-state index is 12.4. The number of nitrogens with one attached hydrogen (secondary N) is 2.